The van der Waals surface area contributed by atoms with E-state index in [-0.39, 0.29) is 5.82 Å². The zero-order chi connectivity index (χ0) is 12.3. The Morgan fingerprint density at radius 2 is 2.00 bits per heavy atom. The smallest absolute Gasteiger partial charge is 0.123 e. The van der Waals surface area contributed by atoms with Crippen molar-refractivity contribution in [2.45, 2.75) is 19.8 Å². The summed E-state index contributed by atoms with van der Waals surface area (Å²) in [5.41, 5.74) is 8.93. The first-order chi connectivity index (χ1) is 8.15. The number of aryl methyl sites for hydroxylation is 3. The second-order valence-electron chi connectivity index (χ2n) is 4.16. The molecule has 2 N–H and O–H groups in total. The lowest BCUT2D eigenvalue weighted by Crippen LogP contribution is -1.97. The molecular weight excluding hydrogens is 215 g/mol. The first-order valence-electron chi connectivity index (χ1n) is 5.60. The van der Waals surface area contributed by atoms with Crippen molar-refractivity contribution in [1.29, 1.82) is 0 Å². The lowest BCUT2D eigenvalue weighted by atomic mass is 10.0. The number of aromatic nitrogens is 1. The Morgan fingerprint density at radius 3 is 2.71 bits per heavy atom. The lowest BCUT2D eigenvalue weighted by molar-refractivity contribution is 0.625. The summed E-state index contributed by atoms with van der Waals surface area (Å²) in [6, 6.07) is 8.74. The molecule has 0 aliphatic carbocycles. The van der Waals surface area contributed by atoms with Crippen LogP contribution in [0.5, 0.6) is 0 Å². The van der Waals surface area contributed by atoms with E-state index in [0.29, 0.717) is 5.82 Å². The van der Waals surface area contributed by atoms with Gasteiger partial charge in [0.2, 0.25) is 0 Å². The highest BCUT2D eigenvalue weighted by molar-refractivity contribution is 5.33. The molecule has 0 aliphatic rings. The molecule has 17 heavy (non-hydrogen) atoms. The number of nitrogen functional groups attached to an aromatic ring is 1. The predicted molar refractivity (Wildman–Crippen MR) is 67.2 cm³/mol. The van der Waals surface area contributed by atoms with Crippen LogP contribution in [0.15, 0.2) is 36.5 Å². The molecule has 0 saturated heterocycles. The van der Waals surface area contributed by atoms with Crippen LogP contribution in [0.3, 0.4) is 0 Å². The number of nitrogens with zero attached hydrogens (tertiary/aromatic N) is 1. The zero-order valence-corrected chi connectivity index (χ0v) is 9.78. The highest BCUT2D eigenvalue weighted by Crippen LogP contribution is 2.14. The predicted octanol–water partition coefficient (Wildman–Crippen LogP) is 2.90. The first kappa shape index (κ1) is 11.6. The van der Waals surface area contributed by atoms with Gasteiger partial charge in [-0.15, -0.1) is 0 Å². The third-order valence-corrected chi connectivity index (χ3v) is 2.83. The summed E-state index contributed by atoms with van der Waals surface area (Å²) < 4.78 is 12.9. The zero-order valence-electron chi connectivity index (χ0n) is 9.78. The molecule has 0 saturated carbocycles. The van der Waals surface area contributed by atoms with Crippen LogP contribution >= 0.6 is 0 Å². The molecule has 0 atom stereocenters. The largest absolute Gasteiger partial charge is 0.384 e. The van der Waals surface area contributed by atoms with Gasteiger partial charge in [-0.3, -0.25) is 0 Å². The fourth-order valence-electron chi connectivity index (χ4n) is 1.87. The molecule has 2 nitrogen and oxygen atoms in total. The normalized spacial score (nSPS) is 10.5. The van der Waals surface area contributed by atoms with Crippen LogP contribution in [-0.4, -0.2) is 4.98 Å². The van der Waals surface area contributed by atoms with Crippen molar-refractivity contribution in [2.75, 3.05) is 5.73 Å². The van der Waals surface area contributed by atoms with Gasteiger partial charge in [-0.2, -0.15) is 0 Å². The lowest BCUT2D eigenvalue weighted by Gasteiger charge is -2.06. The summed E-state index contributed by atoms with van der Waals surface area (Å²) in [6.07, 6.45) is 3.48. The molecule has 2 rings (SSSR count). The van der Waals surface area contributed by atoms with E-state index in [1.54, 1.807) is 12.3 Å². The fourth-order valence-corrected chi connectivity index (χ4v) is 1.87. The Bertz CT molecular complexity index is 523. The minimum absolute atomic E-state index is 0.181. The average molecular weight is 230 g/mol. The molecule has 3 heteroatoms. The summed E-state index contributed by atoms with van der Waals surface area (Å²) >= 11 is 0. The van der Waals surface area contributed by atoms with Crippen molar-refractivity contribution in [1.82, 2.24) is 4.98 Å². The molecule has 1 aromatic heterocycles. The number of nitrogens with two attached hydrogens (primary N) is 1. The molecule has 88 valence electrons. The Morgan fingerprint density at radius 1 is 1.18 bits per heavy atom. The van der Waals surface area contributed by atoms with E-state index < -0.39 is 0 Å². The van der Waals surface area contributed by atoms with Crippen LogP contribution in [-0.2, 0) is 12.8 Å². The molecular formula is C14H15FN2. The van der Waals surface area contributed by atoms with Gasteiger partial charge in [0.05, 0.1) is 0 Å². The fraction of sp³-hybridized carbons (Fsp3) is 0.214. The molecule has 0 radical (unpaired) electrons. The number of pyridine rings is 1. The SMILES string of the molecule is Cc1cc(F)ccc1CCc1ccnc(N)c1. The summed E-state index contributed by atoms with van der Waals surface area (Å²) in [7, 11) is 0. The van der Waals surface area contributed by atoms with Gasteiger partial charge in [0, 0.05) is 6.20 Å². The van der Waals surface area contributed by atoms with E-state index in [1.807, 2.05) is 25.1 Å². The molecule has 1 heterocycles. The topological polar surface area (TPSA) is 38.9 Å². The molecule has 0 spiro atoms. The maximum Gasteiger partial charge on any atom is 0.123 e. The first-order valence-corrected chi connectivity index (χ1v) is 5.60. The van der Waals surface area contributed by atoms with Gasteiger partial charge in [-0.05, 0) is 60.7 Å². The molecule has 1 aromatic carbocycles. The minimum Gasteiger partial charge on any atom is -0.384 e. The molecule has 0 amide bonds. The van der Waals surface area contributed by atoms with Gasteiger partial charge in [0.15, 0.2) is 0 Å². The van der Waals surface area contributed by atoms with E-state index in [0.717, 1.165) is 24.0 Å². The molecule has 0 aliphatic heterocycles. The van der Waals surface area contributed by atoms with Crippen LogP contribution in [0.25, 0.3) is 0 Å². The van der Waals surface area contributed by atoms with Gasteiger partial charge in [-0.1, -0.05) is 6.07 Å². The second-order valence-corrected chi connectivity index (χ2v) is 4.16. The van der Waals surface area contributed by atoms with Gasteiger partial charge in [0.25, 0.3) is 0 Å². The summed E-state index contributed by atoms with van der Waals surface area (Å²) in [6.45, 7) is 1.93. The van der Waals surface area contributed by atoms with Gasteiger partial charge in [0.1, 0.15) is 11.6 Å². The van der Waals surface area contributed by atoms with E-state index in [9.17, 15) is 4.39 Å². The van der Waals surface area contributed by atoms with Crippen LogP contribution in [0.4, 0.5) is 10.2 Å². The average Bonchev–Trinajstić information content (AvgIpc) is 2.28. The molecule has 0 bridgehead atoms. The molecule has 0 unspecified atom stereocenters. The molecule has 2 aromatic rings. The number of hydrogen-bond donors (Lipinski definition) is 1. The van der Waals surface area contributed by atoms with E-state index in [4.69, 9.17) is 5.73 Å². The van der Waals surface area contributed by atoms with Crippen molar-refractivity contribution < 1.29 is 4.39 Å². The van der Waals surface area contributed by atoms with Crippen LogP contribution in [0, 0.1) is 12.7 Å². The van der Waals surface area contributed by atoms with Crippen LogP contribution in [0.1, 0.15) is 16.7 Å². The van der Waals surface area contributed by atoms with Crippen molar-refractivity contribution >= 4 is 5.82 Å². The number of anilines is 1. The maximum absolute atomic E-state index is 12.9. The van der Waals surface area contributed by atoms with Crippen molar-refractivity contribution in [3.05, 3.63) is 59.0 Å². The maximum atomic E-state index is 12.9. The number of halogens is 1. The third-order valence-electron chi connectivity index (χ3n) is 2.83. The number of benzene rings is 1. The van der Waals surface area contributed by atoms with Crippen LogP contribution in [0.2, 0.25) is 0 Å². The second kappa shape index (κ2) is 4.95. The van der Waals surface area contributed by atoms with Gasteiger partial charge >= 0.3 is 0 Å². The van der Waals surface area contributed by atoms with Crippen molar-refractivity contribution in [3.8, 4) is 0 Å². The Balaban J connectivity index is 2.07. The van der Waals surface area contributed by atoms with Crippen molar-refractivity contribution in [3.63, 3.8) is 0 Å². The van der Waals surface area contributed by atoms with E-state index in [1.165, 1.54) is 11.6 Å². The summed E-state index contributed by atoms with van der Waals surface area (Å²) in [4.78, 5) is 3.95. The summed E-state index contributed by atoms with van der Waals surface area (Å²) in [5, 5.41) is 0. The van der Waals surface area contributed by atoms with E-state index >= 15 is 0 Å². The highest BCUT2D eigenvalue weighted by atomic mass is 19.1. The highest BCUT2D eigenvalue weighted by Gasteiger charge is 2.01. The van der Waals surface area contributed by atoms with Crippen molar-refractivity contribution in [2.24, 2.45) is 0 Å². The quantitative estimate of drug-likeness (QED) is 0.880. The Labute approximate surface area is 100 Å². The third kappa shape index (κ3) is 3.03. The Kier molecular flexibility index (Phi) is 3.38. The number of hydrogen-bond acceptors (Lipinski definition) is 2. The monoisotopic (exact) mass is 230 g/mol. The van der Waals surface area contributed by atoms with E-state index in [2.05, 4.69) is 4.98 Å². The van der Waals surface area contributed by atoms with Gasteiger partial charge < -0.3 is 5.73 Å². The van der Waals surface area contributed by atoms with Crippen LogP contribution < -0.4 is 5.73 Å². The molecule has 0 fully saturated rings. The standard InChI is InChI=1S/C14H15FN2/c1-10-8-13(15)5-4-12(10)3-2-11-6-7-17-14(16)9-11/h4-9H,2-3H2,1H3,(H2,16,17). The Hall–Kier alpha value is -1.90. The number of rotatable bonds is 3. The minimum atomic E-state index is -0.181. The van der Waals surface area contributed by atoms with Gasteiger partial charge in [-0.25, -0.2) is 9.37 Å². The summed E-state index contributed by atoms with van der Waals surface area (Å²) in [5.74, 6) is 0.359.